The Morgan fingerprint density at radius 1 is 1.17 bits per heavy atom. The van der Waals surface area contributed by atoms with Crippen LogP contribution in [-0.2, 0) is 25.9 Å². The fourth-order valence-corrected chi connectivity index (χ4v) is 3.18. The summed E-state index contributed by atoms with van der Waals surface area (Å²) in [6.07, 6.45) is 3.57. The quantitative estimate of drug-likeness (QED) is 0.770. The number of aromatic nitrogens is 5. The maximum Gasteiger partial charge on any atom is 0.148 e. The minimum atomic E-state index is 0.701. The van der Waals surface area contributed by atoms with Crippen LogP contribution in [0.1, 0.15) is 38.0 Å². The largest absolute Gasteiger partial charge is 0.261 e. The Hall–Kier alpha value is -0.920. The summed E-state index contributed by atoms with van der Waals surface area (Å²) in [5.74, 6) is 0.966. The lowest BCUT2D eigenvalue weighted by Gasteiger charge is -2.06. The molecule has 0 amide bonds. The molecule has 2 heterocycles. The first-order valence-corrected chi connectivity index (χ1v) is 7.39. The molecule has 0 unspecified atom stereocenters. The highest BCUT2D eigenvalue weighted by Gasteiger charge is 2.14. The van der Waals surface area contributed by atoms with E-state index in [-0.39, 0.29) is 0 Å². The number of hydrogen-bond acceptors (Lipinski definition) is 3. The molecule has 2 rings (SSSR count). The van der Waals surface area contributed by atoms with Crippen molar-refractivity contribution in [2.45, 2.75) is 46.7 Å². The molecule has 0 saturated carbocycles. The van der Waals surface area contributed by atoms with Crippen molar-refractivity contribution in [3.8, 4) is 0 Å². The second-order valence-corrected chi connectivity index (χ2v) is 5.14. The molecule has 0 aliphatic carbocycles. The van der Waals surface area contributed by atoms with Crippen LogP contribution in [-0.4, -0.2) is 24.5 Å². The number of hydrogen-bond donors (Lipinski definition) is 0. The molecule has 5 nitrogen and oxygen atoms in total. The molecule has 18 heavy (non-hydrogen) atoms. The SMILES string of the molecule is CCc1nn(Cc2ncnn2CC)c(CC)c1I. The van der Waals surface area contributed by atoms with Crippen LogP contribution in [0.15, 0.2) is 6.33 Å². The molecular weight excluding hydrogens is 341 g/mol. The second-order valence-electron chi connectivity index (χ2n) is 4.06. The van der Waals surface area contributed by atoms with Gasteiger partial charge in [-0.25, -0.2) is 9.67 Å². The van der Waals surface area contributed by atoms with Gasteiger partial charge < -0.3 is 0 Å². The predicted octanol–water partition coefficient (Wildman–Crippen LogP) is 2.27. The van der Waals surface area contributed by atoms with Gasteiger partial charge in [-0.3, -0.25) is 4.68 Å². The number of halogens is 1. The van der Waals surface area contributed by atoms with E-state index in [0.29, 0.717) is 6.54 Å². The molecule has 0 fully saturated rings. The van der Waals surface area contributed by atoms with Crippen LogP contribution in [0.5, 0.6) is 0 Å². The van der Waals surface area contributed by atoms with E-state index in [9.17, 15) is 0 Å². The maximum absolute atomic E-state index is 4.68. The van der Waals surface area contributed by atoms with E-state index in [0.717, 1.165) is 25.2 Å². The van der Waals surface area contributed by atoms with Gasteiger partial charge in [0, 0.05) is 6.54 Å². The van der Waals surface area contributed by atoms with Crippen LogP contribution >= 0.6 is 22.6 Å². The lowest BCUT2D eigenvalue weighted by molar-refractivity contribution is 0.553. The van der Waals surface area contributed by atoms with Gasteiger partial charge in [0.05, 0.1) is 15.0 Å². The zero-order chi connectivity index (χ0) is 13.1. The molecular formula is C12H18IN5. The zero-order valence-electron chi connectivity index (χ0n) is 11.0. The second kappa shape index (κ2) is 5.81. The molecule has 0 atom stereocenters. The van der Waals surface area contributed by atoms with Gasteiger partial charge >= 0.3 is 0 Å². The molecule has 2 aromatic rings. The van der Waals surface area contributed by atoms with Gasteiger partial charge in [-0.15, -0.1) is 0 Å². The van der Waals surface area contributed by atoms with Gasteiger partial charge in [0.25, 0.3) is 0 Å². The summed E-state index contributed by atoms with van der Waals surface area (Å²) in [4.78, 5) is 4.31. The third-order valence-corrected chi connectivity index (χ3v) is 4.26. The van der Waals surface area contributed by atoms with Gasteiger partial charge in [-0.05, 0) is 42.4 Å². The van der Waals surface area contributed by atoms with Gasteiger partial charge in [-0.1, -0.05) is 13.8 Å². The summed E-state index contributed by atoms with van der Waals surface area (Å²) in [7, 11) is 0. The van der Waals surface area contributed by atoms with Crippen LogP contribution in [0.4, 0.5) is 0 Å². The van der Waals surface area contributed by atoms with E-state index >= 15 is 0 Å². The Labute approximate surface area is 121 Å². The lowest BCUT2D eigenvalue weighted by atomic mass is 10.2. The zero-order valence-corrected chi connectivity index (χ0v) is 13.2. The van der Waals surface area contributed by atoms with Crippen molar-refractivity contribution in [2.24, 2.45) is 0 Å². The van der Waals surface area contributed by atoms with Crippen molar-refractivity contribution in [1.29, 1.82) is 0 Å². The first-order chi connectivity index (χ1) is 8.71. The van der Waals surface area contributed by atoms with E-state index in [2.05, 4.69) is 63.2 Å². The van der Waals surface area contributed by atoms with Gasteiger partial charge in [0.1, 0.15) is 18.7 Å². The van der Waals surface area contributed by atoms with E-state index in [1.807, 2.05) is 4.68 Å². The highest BCUT2D eigenvalue weighted by atomic mass is 127. The molecule has 0 N–H and O–H groups in total. The topological polar surface area (TPSA) is 48.5 Å². The molecule has 0 spiro atoms. The highest BCUT2D eigenvalue weighted by molar-refractivity contribution is 14.1. The van der Waals surface area contributed by atoms with Gasteiger partial charge in [0.2, 0.25) is 0 Å². The molecule has 2 aromatic heterocycles. The van der Waals surface area contributed by atoms with Crippen LogP contribution in [0.2, 0.25) is 0 Å². The Balaban J connectivity index is 2.34. The summed E-state index contributed by atoms with van der Waals surface area (Å²) in [6.45, 7) is 7.93. The molecule has 0 saturated heterocycles. The van der Waals surface area contributed by atoms with Crippen molar-refractivity contribution in [1.82, 2.24) is 24.5 Å². The third kappa shape index (κ3) is 2.43. The fraction of sp³-hybridized carbons (Fsp3) is 0.583. The average Bonchev–Trinajstić information content (AvgIpc) is 2.94. The monoisotopic (exact) mass is 359 g/mol. The molecule has 0 aliphatic rings. The van der Waals surface area contributed by atoms with Crippen molar-refractivity contribution in [3.63, 3.8) is 0 Å². The molecule has 98 valence electrons. The van der Waals surface area contributed by atoms with Crippen LogP contribution in [0.3, 0.4) is 0 Å². The Bertz CT molecular complexity index is 529. The van der Waals surface area contributed by atoms with E-state index < -0.39 is 0 Å². The number of rotatable bonds is 5. The van der Waals surface area contributed by atoms with E-state index in [1.54, 1.807) is 6.33 Å². The summed E-state index contributed by atoms with van der Waals surface area (Å²) in [5, 5.41) is 8.88. The lowest BCUT2D eigenvalue weighted by Crippen LogP contribution is -2.12. The standard InChI is InChI=1S/C12H18IN5/c1-4-9-12(13)10(5-2)18(16-9)7-11-14-8-15-17(11)6-3/h8H,4-7H2,1-3H3. The Kier molecular flexibility index (Phi) is 4.36. The normalized spacial score (nSPS) is 11.1. The van der Waals surface area contributed by atoms with Crippen LogP contribution in [0, 0.1) is 3.57 Å². The molecule has 0 aromatic carbocycles. The van der Waals surface area contributed by atoms with Crippen LogP contribution < -0.4 is 0 Å². The smallest absolute Gasteiger partial charge is 0.148 e. The van der Waals surface area contributed by atoms with Gasteiger partial charge in [-0.2, -0.15) is 10.2 Å². The first-order valence-electron chi connectivity index (χ1n) is 6.31. The first kappa shape index (κ1) is 13.5. The van der Waals surface area contributed by atoms with E-state index in [4.69, 9.17) is 0 Å². The third-order valence-electron chi connectivity index (χ3n) is 3.02. The number of aryl methyl sites for hydroxylation is 2. The van der Waals surface area contributed by atoms with Crippen molar-refractivity contribution < 1.29 is 0 Å². The maximum atomic E-state index is 4.68. The minimum Gasteiger partial charge on any atom is -0.261 e. The van der Waals surface area contributed by atoms with Crippen LogP contribution in [0.25, 0.3) is 0 Å². The van der Waals surface area contributed by atoms with Crippen molar-refractivity contribution >= 4 is 22.6 Å². The van der Waals surface area contributed by atoms with Gasteiger partial charge in [0.15, 0.2) is 0 Å². The summed E-state index contributed by atoms with van der Waals surface area (Å²) in [5.41, 5.74) is 2.47. The van der Waals surface area contributed by atoms with E-state index in [1.165, 1.54) is 15.0 Å². The fourth-order valence-electron chi connectivity index (χ4n) is 2.03. The van der Waals surface area contributed by atoms with Crippen molar-refractivity contribution in [2.75, 3.05) is 0 Å². The molecule has 0 bridgehead atoms. The molecule has 6 heteroatoms. The number of nitrogens with zero attached hydrogens (tertiary/aromatic N) is 5. The summed E-state index contributed by atoms with van der Waals surface area (Å²) >= 11 is 2.39. The van der Waals surface area contributed by atoms with Crippen molar-refractivity contribution in [3.05, 3.63) is 27.1 Å². The Morgan fingerprint density at radius 2 is 1.94 bits per heavy atom. The Morgan fingerprint density at radius 3 is 2.56 bits per heavy atom. The molecule has 0 aliphatic heterocycles. The highest BCUT2D eigenvalue weighted by Crippen LogP contribution is 2.19. The summed E-state index contributed by atoms with van der Waals surface area (Å²) < 4.78 is 5.27. The average molecular weight is 359 g/mol. The summed E-state index contributed by atoms with van der Waals surface area (Å²) in [6, 6.07) is 0. The molecule has 0 radical (unpaired) electrons. The minimum absolute atomic E-state index is 0.701. The predicted molar refractivity (Wildman–Crippen MR) is 78.5 cm³/mol.